The van der Waals surface area contributed by atoms with Crippen LogP contribution in [0.25, 0.3) is 0 Å². The Kier molecular flexibility index (Phi) is 1.05. The molecule has 0 N–H and O–H groups in total. The van der Waals surface area contributed by atoms with Gasteiger partial charge in [-0.15, -0.1) is 0 Å². The Balaban J connectivity index is 1.97. The van der Waals surface area contributed by atoms with E-state index in [0.717, 1.165) is 18.6 Å². The Labute approximate surface area is 66.6 Å². The van der Waals surface area contributed by atoms with Gasteiger partial charge in [-0.3, -0.25) is 9.69 Å². The Morgan fingerprint density at radius 1 is 1.18 bits per heavy atom. The average molecular weight is 151 g/mol. The highest BCUT2D eigenvalue weighted by Crippen LogP contribution is 2.42. The average Bonchev–Trinajstić information content (AvgIpc) is 2.32. The van der Waals surface area contributed by atoms with Crippen molar-refractivity contribution in [3.05, 3.63) is 0 Å². The van der Waals surface area contributed by atoms with E-state index < -0.39 is 0 Å². The first-order valence-corrected chi connectivity index (χ1v) is 4.63. The fourth-order valence-electron chi connectivity index (χ4n) is 3.10. The quantitative estimate of drug-likeness (QED) is 0.510. The lowest BCUT2D eigenvalue weighted by molar-refractivity contribution is -0.134. The third kappa shape index (κ3) is 0.684. The van der Waals surface area contributed by atoms with E-state index in [2.05, 4.69) is 4.90 Å². The zero-order valence-electron chi connectivity index (χ0n) is 6.62. The SMILES string of the molecule is O=C1CN2C3CCC2CC1C3. The monoisotopic (exact) mass is 151 g/mol. The minimum atomic E-state index is 0.456. The molecule has 4 aliphatic heterocycles. The van der Waals surface area contributed by atoms with Gasteiger partial charge in [0, 0.05) is 18.0 Å². The molecule has 2 heteroatoms. The first kappa shape index (κ1) is 6.18. The van der Waals surface area contributed by atoms with Crippen LogP contribution in [0.4, 0.5) is 0 Å². The van der Waals surface area contributed by atoms with E-state index in [0.29, 0.717) is 11.7 Å². The van der Waals surface area contributed by atoms with Gasteiger partial charge in [0.25, 0.3) is 0 Å². The van der Waals surface area contributed by atoms with Gasteiger partial charge in [0.05, 0.1) is 6.54 Å². The molecule has 2 atom stereocenters. The van der Waals surface area contributed by atoms with Gasteiger partial charge in [0.2, 0.25) is 0 Å². The molecule has 4 saturated heterocycles. The number of nitrogens with zero attached hydrogens (tertiary/aromatic N) is 1. The molecule has 0 radical (unpaired) electrons. The van der Waals surface area contributed by atoms with Crippen molar-refractivity contribution in [1.82, 2.24) is 4.90 Å². The molecule has 4 bridgehead atoms. The van der Waals surface area contributed by atoms with E-state index in [1.54, 1.807) is 0 Å². The van der Waals surface area contributed by atoms with Gasteiger partial charge in [0.15, 0.2) is 0 Å². The molecule has 0 saturated carbocycles. The number of rotatable bonds is 0. The zero-order valence-corrected chi connectivity index (χ0v) is 6.62. The van der Waals surface area contributed by atoms with E-state index in [1.807, 2.05) is 0 Å². The van der Waals surface area contributed by atoms with Crippen molar-refractivity contribution in [2.75, 3.05) is 6.54 Å². The highest BCUT2D eigenvalue weighted by molar-refractivity contribution is 5.85. The van der Waals surface area contributed by atoms with Crippen LogP contribution in [-0.4, -0.2) is 29.3 Å². The molecule has 4 heterocycles. The van der Waals surface area contributed by atoms with Gasteiger partial charge in [-0.1, -0.05) is 0 Å². The van der Waals surface area contributed by atoms with Crippen molar-refractivity contribution < 1.29 is 4.79 Å². The molecule has 0 spiro atoms. The molecule has 0 aliphatic carbocycles. The summed E-state index contributed by atoms with van der Waals surface area (Å²) in [5.41, 5.74) is 0. The van der Waals surface area contributed by atoms with Crippen LogP contribution in [0.3, 0.4) is 0 Å². The Morgan fingerprint density at radius 2 is 1.82 bits per heavy atom. The van der Waals surface area contributed by atoms with E-state index in [-0.39, 0.29) is 0 Å². The molecule has 0 aromatic carbocycles. The summed E-state index contributed by atoms with van der Waals surface area (Å²) in [4.78, 5) is 13.8. The Morgan fingerprint density at radius 3 is 2.36 bits per heavy atom. The molecule has 2 nitrogen and oxygen atoms in total. The van der Waals surface area contributed by atoms with Gasteiger partial charge >= 0.3 is 0 Å². The first-order chi connectivity index (χ1) is 5.34. The maximum absolute atomic E-state index is 11.3. The Bertz CT molecular complexity index is 200. The third-order valence-electron chi connectivity index (χ3n) is 3.68. The number of Topliss-reactive ketones (excluding diaryl/α,β-unsaturated/α-hetero) is 1. The van der Waals surface area contributed by atoms with Gasteiger partial charge in [0.1, 0.15) is 5.78 Å². The van der Waals surface area contributed by atoms with Gasteiger partial charge in [-0.25, -0.2) is 0 Å². The lowest BCUT2D eigenvalue weighted by atomic mass is 9.82. The summed E-state index contributed by atoms with van der Waals surface area (Å²) in [6.07, 6.45) is 5.06. The van der Waals surface area contributed by atoms with Crippen molar-refractivity contribution in [3.63, 3.8) is 0 Å². The molecule has 4 aliphatic rings. The number of piperidine rings is 3. The molecule has 60 valence electrons. The van der Waals surface area contributed by atoms with Crippen LogP contribution >= 0.6 is 0 Å². The highest BCUT2D eigenvalue weighted by Gasteiger charge is 2.47. The van der Waals surface area contributed by atoms with Crippen LogP contribution in [0.2, 0.25) is 0 Å². The second kappa shape index (κ2) is 1.86. The van der Waals surface area contributed by atoms with Crippen LogP contribution in [-0.2, 0) is 4.79 Å². The van der Waals surface area contributed by atoms with Gasteiger partial charge in [-0.05, 0) is 25.7 Å². The molecular weight excluding hydrogens is 138 g/mol. The molecule has 4 fully saturated rings. The maximum Gasteiger partial charge on any atom is 0.150 e. The fraction of sp³-hybridized carbons (Fsp3) is 0.889. The summed E-state index contributed by atoms with van der Waals surface area (Å²) in [7, 11) is 0. The van der Waals surface area contributed by atoms with Crippen molar-refractivity contribution >= 4 is 5.78 Å². The van der Waals surface area contributed by atoms with E-state index >= 15 is 0 Å². The van der Waals surface area contributed by atoms with Crippen LogP contribution < -0.4 is 0 Å². The van der Waals surface area contributed by atoms with Crippen molar-refractivity contribution in [3.8, 4) is 0 Å². The largest absolute Gasteiger partial charge is 0.298 e. The predicted molar refractivity (Wildman–Crippen MR) is 41.2 cm³/mol. The summed E-state index contributed by atoms with van der Waals surface area (Å²) in [5, 5.41) is 0. The Hall–Kier alpha value is -0.370. The van der Waals surface area contributed by atoms with Crippen LogP contribution in [0, 0.1) is 5.92 Å². The second-order valence-corrected chi connectivity index (χ2v) is 4.19. The lowest BCUT2D eigenvalue weighted by Gasteiger charge is -2.43. The minimum absolute atomic E-state index is 0.456. The molecule has 0 aromatic heterocycles. The van der Waals surface area contributed by atoms with Gasteiger partial charge in [-0.2, -0.15) is 0 Å². The predicted octanol–water partition coefficient (Wildman–Crippen LogP) is 0.812. The topological polar surface area (TPSA) is 20.3 Å². The smallest absolute Gasteiger partial charge is 0.150 e. The summed E-state index contributed by atoms with van der Waals surface area (Å²) in [5.74, 6) is 0.969. The number of carbonyl (C=O) groups excluding carboxylic acids is 1. The summed E-state index contributed by atoms with van der Waals surface area (Å²) < 4.78 is 0. The minimum Gasteiger partial charge on any atom is -0.298 e. The van der Waals surface area contributed by atoms with Crippen LogP contribution in [0.1, 0.15) is 25.7 Å². The molecular formula is C9H13NO. The van der Waals surface area contributed by atoms with Crippen LogP contribution in [0.5, 0.6) is 0 Å². The number of carbonyl (C=O) groups is 1. The molecule has 11 heavy (non-hydrogen) atoms. The second-order valence-electron chi connectivity index (χ2n) is 4.19. The summed E-state index contributed by atoms with van der Waals surface area (Å²) in [6, 6.07) is 1.58. The van der Waals surface area contributed by atoms with Crippen molar-refractivity contribution in [2.45, 2.75) is 37.8 Å². The molecule has 2 unspecified atom stereocenters. The summed E-state index contributed by atoms with van der Waals surface area (Å²) in [6.45, 7) is 0.778. The summed E-state index contributed by atoms with van der Waals surface area (Å²) >= 11 is 0. The van der Waals surface area contributed by atoms with Crippen molar-refractivity contribution in [2.24, 2.45) is 5.92 Å². The van der Waals surface area contributed by atoms with E-state index in [9.17, 15) is 4.79 Å². The number of ketones is 1. The highest BCUT2D eigenvalue weighted by atomic mass is 16.1. The van der Waals surface area contributed by atoms with Gasteiger partial charge < -0.3 is 0 Å². The number of fused-ring (bicyclic) bond motifs is 1. The fourth-order valence-corrected chi connectivity index (χ4v) is 3.10. The normalized spacial score (nSPS) is 53.6. The molecule has 0 amide bonds. The van der Waals surface area contributed by atoms with E-state index in [4.69, 9.17) is 0 Å². The molecule has 0 aromatic rings. The third-order valence-corrected chi connectivity index (χ3v) is 3.68. The lowest BCUT2D eigenvalue weighted by Crippen LogP contribution is -2.54. The van der Waals surface area contributed by atoms with E-state index in [1.165, 1.54) is 25.7 Å². The number of hydrogen-bond donors (Lipinski definition) is 0. The molecule has 4 rings (SSSR count). The maximum atomic E-state index is 11.3. The zero-order chi connectivity index (χ0) is 7.42. The standard InChI is InChI=1S/C9H13NO/c11-9-5-10-7-1-2-8(10)4-6(9)3-7/h6-8H,1-5H2. The van der Waals surface area contributed by atoms with Crippen molar-refractivity contribution in [1.29, 1.82) is 0 Å². The number of hydrogen-bond acceptors (Lipinski definition) is 2. The van der Waals surface area contributed by atoms with Crippen LogP contribution in [0.15, 0.2) is 0 Å². The first-order valence-electron chi connectivity index (χ1n) is 4.63.